The van der Waals surface area contributed by atoms with Crippen LogP contribution in [0.15, 0.2) is 36.5 Å². The largest absolute Gasteiger partial charge is 0.354 e. The summed E-state index contributed by atoms with van der Waals surface area (Å²) in [6.07, 6.45) is 1.78. The lowest BCUT2D eigenvalue weighted by Gasteiger charge is -2.33. The van der Waals surface area contributed by atoms with Crippen LogP contribution in [0.2, 0.25) is 0 Å². The highest BCUT2D eigenvalue weighted by Gasteiger charge is 2.24. The number of aromatic nitrogens is 3. The molecule has 1 fully saturated rings. The quantitative estimate of drug-likeness (QED) is 0.780. The second-order valence-electron chi connectivity index (χ2n) is 6.90. The molecule has 1 aliphatic rings. The van der Waals surface area contributed by atoms with Gasteiger partial charge in [0.1, 0.15) is 11.6 Å². The number of benzene rings is 1. The Bertz CT molecular complexity index is 906. The summed E-state index contributed by atoms with van der Waals surface area (Å²) in [5.74, 6) is -1.29. The van der Waals surface area contributed by atoms with Crippen LogP contribution in [0.25, 0.3) is 22.4 Å². The summed E-state index contributed by atoms with van der Waals surface area (Å²) in [6, 6.07) is 8.45. The average molecular weight is 357 g/mol. The monoisotopic (exact) mass is 357 g/mol. The summed E-state index contributed by atoms with van der Waals surface area (Å²) in [5, 5.41) is 0. The van der Waals surface area contributed by atoms with Crippen molar-refractivity contribution in [2.45, 2.75) is 12.8 Å². The summed E-state index contributed by atoms with van der Waals surface area (Å²) < 4.78 is 27.0. The summed E-state index contributed by atoms with van der Waals surface area (Å²) in [6.45, 7) is 4.87. The van der Waals surface area contributed by atoms with Crippen LogP contribution >= 0.6 is 0 Å². The minimum Gasteiger partial charge on any atom is -0.354 e. The molecule has 7 heteroatoms. The van der Waals surface area contributed by atoms with Crippen LogP contribution in [-0.2, 0) is 5.92 Å². The third-order valence-corrected chi connectivity index (χ3v) is 4.84. The molecule has 1 aliphatic heterocycles. The van der Waals surface area contributed by atoms with Gasteiger partial charge in [-0.1, -0.05) is 6.07 Å². The molecule has 0 spiro atoms. The zero-order chi connectivity index (χ0) is 18.3. The summed E-state index contributed by atoms with van der Waals surface area (Å²) in [5.41, 5.74) is 2.07. The highest BCUT2D eigenvalue weighted by molar-refractivity contribution is 5.80. The number of halogens is 2. The number of anilines is 1. The van der Waals surface area contributed by atoms with E-state index in [2.05, 4.69) is 31.8 Å². The molecule has 0 saturated carbocycles. The van der Waals surface area contributed by atoms with Crippen molar-refractivity contribution in [2.75, 3.05) is 38.1 Å². The second kappa shape index (κ2) is 6.32. The van der Waals surface area contributed by atoms with Gasteiger partial charge in [-0.05, 0) is 31.3 Å². The summed E-state index contributed by atoms with van der Waals surface area (Å²) in [4.78, 5) is 16.7. The molecule has 3 aromatic rings. The van der Waals surface area contributed by atoms with Gasteiger partial charge in [0.2, 0.25) is 0 Å². The summed E-state index contributed by atoms with van der Waals surface area (Å²) in [7, 11) is 2.12. The predicted molar refractivity (Wildman–Crippen MR) is 98.6 cm³/mol. The number of fused-ring (bicyclic) bond motifs is 1. The lowest BCUT2D eigenvalue weighted by Crippen LogP contribution is -2.44. The van der Waals surface area contributed by atoms with Gasteiger partial charge in [-0.15, -0.1) is 0 Å². The normalized spacial score (nSPS) is 16.4. The molecule has 26 heavy (non-hydrogen) atoms. The number of imidazole rings is 1. The number of hydrogen-bond donors (Lipinski definition) is 1. The van der Waals surface area contributed by atoms with Crippen molar-refractivity contribution >= 4 is 16.9 Å². The van der Waals surface area contributed by atoms with Crippen LogP contribution in [0.1, 0.15) is 12.5 Å². The minimum atomic E-state index is -2.87. The molecule has 5 nitrogen and oxygen atoms in total. The van der Waals surface area contributed by atoms with Gasteiger partial charge in [0.25, 0.3) is 5.92 Å². The van der Waals surface area contributed by atoms with Crippen LogP contribution in [0.5, 0.6) is 0 Å². The topological polar surface area (TPSA) is 48.0 Å². The number of hydrogen-bond acceptors (Lipinski definition) is 4. The smallest absolute Gasteiger partial charge is 0.270 e. The van der Waals surface area contributed by atoms with E-state index in [9.17, 15) is 8.78 Å². The van der Waals surface area contributed by atoms with E-state index in [0.29, 0.717) is 16.9 Å². The van der Waals surface area contributed by atoms with Crippen LogP contribution < -0.4 is 4.90 Å². The fourth-order valence-corrected chi connectivity index (χ4v) is 3.17. The molecule has 0 bridgehead atoms. The van der Waals surface area contributed by atoms with E-state index in [1.807, 2.05) is 12.1 Å². The standard InChI is InChI=1S/C19H21F2N5/c1-19(20,21)14-4-5-15-16(11-14)24-18(23-15)13-3-6-17(22-12-13)26-9-7-25(2)8-10-26/h3-6,11-12H,7-10H2,1-2H3,(H,23,24). The van der Waals surface area contributed by atoms with Crippen molar-refractivity contribution in [1.29, 1.82) is 0 Å². The Hall–Kier alpha value is -2.54. The molecule has 1 N–H and O–H groups in total. The van der Waals surface area contributed by atoms with Crippen LogP contribution in [0, 0.1) is 0 Å². The van der Waals surface area contributed by atoms with Gasteiger partial charge >= 0.3 is 0 Å². The first-order chi connectivity index (χ1) is 12.4. The van der Waals surface area contributed by atoms with Gasteiger partial charge in [-0.2, -0.15) is 0 Å². The van der Waals surface area contributed by atoms with E-state index >= 15 is 0 Å². The Morgan fingerprint density at radius 2 is 1.85 bits per heavy atom. The van der Waals surface area contributed by atoms with Gasteiger partial charge in [0.15, 0.2) is 0 Å². The first-order valence-electron chi connectivity index (χ1n) is 8.68. The molecule has 0 unspecified atom stereocenters. The maximum atomic E-state index is 13.5. The molecular formula is C19H21F2N5. The highest BCUT2D eigenvalue weighted by atomic mass is 19.3. The van der Waals surface area contributed by atoms with Crippen LogP contribution in [0.3, 0.4) is 0 Å². The van der Waals surface area contributed by atoms with Gasteiger partial charge in [0.05, 0.1) is 11.0 Å². The van der Waals surface area contributed by atoms with Crippen molar-refractivity contribution in [3.8, 4) is 11.4 Å². The number of piperazine rings is 1. The number of likely N-dealkylation sites (N-methyl/N-ethyl adjacent to an activating group) is 1. The number of nitrogens with zero attached hydrogens (tertiary/aromatic N) is 4. The number of rotatable bonds is 3. The maximum absolute atomic E-state index is 13.5. The van der Waals surface area contributed by atoms with Crippen molar-refractivity contribution < 1.29 is 8.78 Å². The first-order valence-corrected chi connectivity index (χ1v) is 8.68. The van der Waals surface area contributed by atoms with Gasteiger partial charge in [-0.3, -0.25) is 0 Å². The third-order valence-electron chi connectivity index (χ3n) is 4.84. The Morgan fingerprint density at radius 3 is 2.50 bits per heavy atom. The predicted octanol–water partition coefficient (Wildman–Crippen LogP) is 3.49. The lowest BCUT2D eigenvalue weighted by atomic mass is 10.1. The van der Waals surface area contributed by atoms with Crippen molar-refractivity contribution in [2.24, 2.45) is 0 Å². The van der Waals surface area contributed by atoms with E-state index < -0.39 is 5.92 Å². The van der Waals surface area contributed by atoms with E-state index in [1.165, 1.54) is 12.1 Å². The Balaban J connectivity index is 1.59. The van der Waals surface area contributed by atoms with Crippen molar-refractivity contribution in [1.82, 2.24) is 19.9 Å². The molecule has 0 aliphatic carbocycles. The van der Waals surface area contributed by atoms with E-state index in [-0.39, 0.29) is 5.56 Å². The Labute approximate surface area is 150 Å². The van der Waals surface area contributed by atoms with E-state index in [0.717, 1.165) is 44.5 Å². The lowest BCUT2D eigenvalue weighted by molar-refractivity contribution is 0.0176. The SMILES string of the molecule is CN1CCN(c2ccc(-c3nc4ccc(C(C)(F)F)cc4[nH]3)cn2)CC1. The fraction of sp³-hybridized carbons (Fsp3) is 0.368. The van der Waals surface area contributed by atoms with Crippen molar-refractivity contribution in [3.05, 3.63) is 42.1 Å². The zero-order valence-electron chi connectivity index (χ0n) is 14.8. The number of nitrogens with one attached hydrogen (secondary N) is 1. The fourth-order valence-electron chi connectivity index (χ4n) is 3.17. The number of alkyl halides is 2. The Kier molecular flexibility index (Phi) is 4.11. The zero-order valence-corrected chi connectivity index (χ0v) is 14.8. The Morgan fingerprint density at radius 1 is 1.08 bits per heavy atom. The van der Waals surface area contributed by atoms with Gasteiger partial charge < -0.3 is 14.8 Å². The minimum absolute atomic E-state index is 0.0243. The highest BCUT2D eigenvalue weighted by Crippen LogP contribution is 2.30. The molecule has 3 heterocycles. The molecule has 4 rings (SSSR count). The molecule has 136 valence electrons. The molecule has 1 aromatic carbocycles. The molecule has 1 saturated heterocycles. The third kappa shape index (κ3) is 3.26. The van der Waals surface area contributed by atoms with Crippen LogP contribution in [-0.4, -0.2) is 53.1 Å². The number of pyridine rings is 1. The summed E-state index contributed by atoms with van der Waals surface area (Å²) >= 11 is 0. The van der Waals surface area contributed by atoms with E-state index in [4.69, 9.17) is 0 Å². The van der Waals surface area contributed by atoms with Crippen molar-refractivity contribution in [3.63, 3.8) is 0 Å². The van der Waals surface area contributed by atoms with Gasteiger partial charge in [-0.25, -0.2) is 18.7 Å². The number of aromatic amines is 1. The first kappa shape index (κ1) is 16.9. The average Bonchev–Trinajstić information content (AvgIpc) is 3.05. The number of H-pyrrole nitrogens is 1. The van der Waals surface area contributed by atoms with Gasteiger partial charge in [0, 0.05) is 50.4 Å². The second-order valence-corrected chi connectivity index (χ2v) is 6.90. The molecular weight excluding hydrogens is 336 g/mol. The van der Waals surface area contributed by atoms with Crippen LogP contribution in [0.4, 0.5) is 14.6 Å². The maximum Gasteiger partial charge on any atom is 0.270 e. The molecule has 2 aromatic heterocycles. The molecule has 0 amide bonds. The van der Waals surface area contributed by atoms with E-state index in [1.54, 1.807) is 12.3 Å². The molecule has 0 radical (unpaired) electrons. The molecule has 0 atom stereocenters.